The largest absolute Gasteiger partial charge is 0.493 e. The number of sulfonamides is 1. The van der Waals surface area contributed by atoms with Crippen molar-refractivity contribution in [1.82, 2.24) is 0 Å². The van der Waals surface area contributed by atoms with Crippen molar-refractivity contribution >= 4 is 39.1 Å². The maximum Gasteiger partial charge on any atom is 0.261 e. The lowest BCUT2D eigenvalue weighted by atomic mass is 10.2. The number of carbonyl (C=O) groups excluding carboxylic acids is 1. The molecule has 2 aromatic rings. The molecule has 0 radical (unpaired) electrons. The van der Waals surface area contributed by atoms with Gasteiger partial charge in [0.25, 0.3) is 10.0 Å². The van der Waals surface area contributed by atoms with Gasteiger partial charge in [0.05, 0.1) is 42.8 Å². The van der Waals surface area contributed by atoms with Crippen molar-refractivity contribution < 1.29 is 27.4 Å². The summed E-state index contributed by atoms with van der Waals surface area (Å²) in [4.78, 5) is 12.7. The molecule has 0 fully saturated rings. The van der Waals surface area contributed by atoms with E-state index in [1.54, 1.807) is 13.0 Å². The highest BCUT2D eigenvalue weighted by molar-refractivity contribution is 8.01. The van der Waals surface area contributed by atoms with Gasteiger partial charge in [-0.15, -0.1) is 11.8 Å². The van der Waals surface area contributed by atoms with E-state index in [-0.39, 0.29) is 21.7 Å². The van der Waals surface area contributed by atoms with E-state index in [2.05, 4.69) is 10.0 Å². The van der Waals surface area contributed by atoms with Gasteiger partial charge in [0.15, 0.2) is 11.5 Å². The second-order valence-electron chi connectivity index (χ2n) is 5.93. The standard InChI is InChI=1S/C18H20N2O6S2/c1-10-18(21)19-13-9-12(5-6-16(13)27-10)28(22,23)20-11-7-14(24-2)17(26-4)15(8-11)25-3/h5-10,20H,1-4H3,(H,19,21)/t10-/m0/s1. The van der Waals surface area contributed by atoms with Crippen LogP contribution in [0.2, 0.25) is 0 Å². The minimum Gasteiger partial charge on any atom is -0.493 e. The number of anilines is 2. The van der Waals surface area contributed by atoms with Crippen LogP contribution in [0.25, 0.3) is 0 Å². The summed E-state index contributed by atoms with van der Waals surface area (Å²) in [6.07, 6.45) is 0. The Kier molecular flexibility index (Phi) is 5.61. The Hall–Kier alpha value is -2.59. The molecule has 0 aromatic heterocycles. The Morgan fingerprint density at radius 2 is 1.68 bits per heavy atom. The van der Waals surface area contributed by atoms with Crippen molar-refractivity contribution in [3.05, 3.63) is 30.3 Å². The van der Waals surface area contributed by atoms with E-state index in [4.69, 9.17) is 14.2 Å². The first kappa shape index (κ1) is 20.2. The van der Waals surface area contributed by atoms with E-state index in [0.29, 0.717) is 22.9 Å². The molecule has 0 aliphatic carbocycles. The summed E-state index contributed by atoms with van der Waals surface area (Å²) in [5, 5.41) is 2.50. The number of hydrogen-bond donors (Lipinski definition) is 2. The van der Waals surface area contributed by atoms with Crippen molar-refractivity contribution in [2.45, 2.75) is 22.0 Å². The number of ether oxygens (including phenoxy) is 3. The zero-order valence-electron chi connectivity index (χ0n) is 15.7. The molecular weight excluding hydrogens is 404 g/mol. The summed E-state index contributed by atoms with van der Waals surface area (Å²) in [6, 6.07) is 7.61. The first-order valence-corrected chi connectivity index (χ1v) is 10.6. The smallest absolute Gasteiger partial charge is 0.261 e. The SMILES string of the molecule is COc1cc(NS(=O)(=O)c2ccc3c(c2)NC(=O)[C@H](C)S3)cc(OC)c1OC. The minimum atomic E-state index is -3.91. The highest BCUT2D eigenvalue weighted by Gasteiger charge is 2.25. The van der Waals surface area contributed by atoms with Crippen molar-refractivity contribution in [2.24, 2.45) is 0 Å². The Morgan fingerprint density at radius 3 is 2.25 bits per heavy atom. The number of hydrogen-bond acceptors (Lipinski definition) is 7. The summed E-state index contributed by atoms with van der Waals surface area (Å²) < 4.78 is 43.9. The molecule has 1 aliphatic rings. The van der Waals surface area contributed by atoms with Gasteiger partial charge in [-0.2, -0.15) is 0 Å². The number of fused-ring (bicyclic) bond motifs is 1. The molecule has 1 atom stereocenters. The number of methoxy groups -OCH3 is 3. The van der Waals surface area contributed by atoms with Gasteiger partial charge < -0.3 is 19.5 Å². The van der Waals surface area contributed by atoms with Crippen LogP contribution < -0.4 is 24.2 Å². The molecule has 150 valence electrons. The average Bonchev–Trinajstić information content (AvgIpc) is 2.67. The lowest BCUT2D eigenvalue weighted by molar-refractivity contribution is -0.115. The van der Waals surface area contributed by atoms with Gasteiger partial charge >= 0.3 is 0 Å². The monoisotopic (exact) mass is 424 g/mol. The fourth-order valence-electron chi connectivity index (χ4n) is 2.71. The van der Waals surface area contributed by atoms with Crippen LogP contribution in [0.1, 0.15) is 6.92 Å². The predicted octanol–water partition coefficient (Wildman–Crippen LogP) is 2.95. The molecule has 0 spiro atoms. The Labute approximate surface area is 167 Å². The molecule has 8 nitrogen and oxygen atoms in total. The Morgan fingerprint density at radius 1 is 1.04 bits per heavy atom. The molecule has 0 saturated heterocycles. The second-order valence-corrected chi connectivity index (χ2v) is 8.99. The van der Waals surface area contributed by atoms with E-state index < -0.39 is 10.0 Å². The molecule has 2 N–H and O–H groups in total. The van der Waals surface area contributed by atoms with Crippen LogP contribution >= 0.6 is 11.8 Å². The molecular formula is C18H20N2O6S2. The van der Waals surface area contributed by atoms with E-state index in [1.807, 2.05) is 0 Å². The van der Waals surface area contributed by atoms with E-state index in [0.717, 1.165) is 4.90 Å². The first-order chi connectivity index (χ1) is 13.3. The molecule has 1 amide bonds. The molecule has 0 unspecified atom stereocenters. The van der Waals surface area contributed by atoms with Crippen LogP contribution in [0.5, 0.6) is 17.2 Å². The van der Waals surface area contributed by atoms with E-state index >= 15 is 0 Å². The quantitative estimate of drug-likeness (QED) is 0.735. The molecule has 2 aromatic carbocycles. The summed E-state index contributed by atoms with van der Waals surface area (Å²) in [6.45, 7) is 1.79. The molecule has 0 bridgehead atoms. The van der Waals surface area contributed by atoms with Crippen LogP contribution in [0.3, 0.4) is 0 Å². The maximum atomic E-state index is 12.8. The zero-order valence-corrected chi connectivity index (χ0v) is 17.4. The van der Waals surface area contributed by atoms with Gasteiger partial charge in [-0.3, -0.25) is 9.52 Å². The zero-order chi connectivity index (χ0) is 20.5. The van der Waals surface area contributed by atoms with Gasteiger partial charge in [0.2, 0.25) is 11.7 Å². The van der Waals surface area contributed by atoms with Crippen molar-refractivity contribution in [2.75, 3.05) is 31.4 Å². The van der Waals surface area contributed by atoms with Gasteiger partial charge in [0, 0.05) is 17.0 Å². The number of rotatable bonds is 6. The Balaban J connectivity index is 1.95. The maximum absolute atomic E-state index is 12.8. The number of benzene rings is 2. The molecule has 10 heteroatoms. The van der Waals surface area contributed by atoms with E-state index in [9.17, 15) is 13.2 Å². The highest BCUT2D eigenvalue weighted by atomic mass is 32.2. The first-order valence-electron chi connectivity index (χ1n) is 8.23. The summed E-state index contributed by atoms with van der Waals surface area (Å²) in [7, 11) is 0.443. The van der Waals surface area contributed by atoms with Crippen molar-refractivity contribution in [3.63, 3.8) is 0 Å². The number of thioether (sulfide) groups is 1. The van der Waals surface area contributed by atoms with Crippen LogP contribution in [0.15, 0.2) is 40.1 Å². The average molecular weight is 425 g/mol. The summed E-state index contributed by atoms with van der Waals surface area (Å²) in [5.74, 6) is 0.838. The third kappa shape index (κ3) is 3.83. The van der Waals surface area contributed by atoms with Gasteiger partial charge in [0.1, 0.15) is 0 Å². The molecule has 1 heterocycles. The van der Waals surface area contributed by atoms with Crippen LogP contribution in [0.4, 0.5) is 11.4 Å². The minimum absolute atomic E-state index is 0.0236. The van der Waals surface area contributed by atoms with Crippen molar-refractivity contribution in [3.8, 4) is 17.2 Å². The summed E-state index contributed by atoms with van der Waals surface area (Å²) in [5.41, 5.74) is 0.722. The van der Waals surface area contributed by atoms with Gasteiger partial charge in [-0.1, -0.05) is 0 Å². The number of amides is 1. The van der Waals surface area contributed by atoms with Gasteiger partial charge in [-0.05, 0) is 25.1 Å². The normalized spacial score (nSPS) is 16.0. The summed E-state index contributed by atoms with van der Waals surface area (Å²) >= 11 is 1.38. The lowest BCUT2D eigenvalue weighted by Gasteiger charge is -2.22. The molecule has 3 rings (SSSR count). The third-order valence-corrected chi connectivity index (χ3v) is 6.67. The van der Waals surface area contributed by atoms with Crippen molar-refractivity contribution in [1.29, 1.82) is 0 Å². The molecule has 1 aliphatic heterocycles. The number of nitrogens with one attached hydrogen (secondary N) is 2. The van der Waals surface area contributed by atoms with Crippen LogP contribution in [-0.4, -0.2) is 40.9 Å². The fourth-order valence-corrected chi connectivity index (χ4v) is 4.71. The molecule has 28 heavy (non-hydrogen) atoms. The van der Waals surface area contributed by atoms with E-state index in [1.165, 1.54) is 57.4 Å². The number of carbonyl (C=O) groups is 1. The highest BCUT2D eigenvalue weighted by Crippen LogP contribution is 2.41. The second kappa shape index (κ2) is 7.80. The fraction of sp³-hybridized carbons (Fsp3) is 0.278. The predicted molar refractivity (Wildman–Crippen MR) is 107 cm³/mol. The topological polar surface area (TPSA) is 103 Å². The van der Waals surface area contributed by atoms with Crippen LogP contribution in [0, 0.1) is 0 Å². The third-order valence-electron chi connectivity index (χ3n) is 4.11. The molecule has 0 saturated carbocycles. The van der Waals surface area contributed by atoms with Crippen LogP contribution in [-0.2, 0) is 14.8 Å². The lowest BCUT2D eigenvalue weighted by Crippen LogP contribution is -2.26. The Bertz CT molecular complexity index is 998. The van der Waals surface area contributed by atoms with Gasteiger partial charge in [-0.25, -0.2) is 8.42 Å².